The zero-order chi connectivity index (χ0) is 14.0. The standard InChI is InChI=1S/C17H20ClN/c1-12-8-9-14(16(18)10-12)11-17(3,19)15-7-5-4-6-13(15)2/h4-10H,11,19H2,1-3H3. The molecule has 0 radical (unpaired) electrons. The molecule has 0 heterocycles. The van der Waals surface area contributed by atoms with Crippen LogP contribution in [0.25, 0.3) is 0 Å². The van der Waals surface area contributed by atoms with Gasteiger partial charge in [0.25, 0.3) is 0 Å². The maximum Gasteiger partial charge on any atom is 0.0441 e. The van der Waals surface area contributed by atoms with Gasteiger partial charge in [-0.25, -0.2) is 0 Å². The summed E-state index contributed by atoms with van der Waals surface area (Å²) in [5.74, 6) is 0. The summed E-state index contributed by atoms with van der Waals surface area (Å²) in [6, 6.07) is 14.4. The Morgan fingerprint density at radius 3 is 2.42 bits per heavy atom. The van der Waals surface area contributed by atoms with Crippen LogP contribution in [0.2, 0.25) is 5.02 Å². The monoisotopic (exact) mass is 273 g/mol. The minimum absolute atomic E-state index is 0.412. The lowest BCUT2D eigenvalue weighted by molar-refractivity contribution is 0.488. The van der Waals surface area contributed by atoms with Gasteiger partial charge in [-0.3, -0.25) is 0 Å². The molecule has 1 nitrogen and oxygen atoms in total. The maximum absolute atomic E-state index is 6.52. The topological polar surface area (TPSA) is 26.0 Å². The first-order valence-corrected chi connectivity index (χ1v) is 6.88. The van der Waals surface area contributed by atoms with E-state index in [4.69, 9.17) is 17.3 Å². The van der Waals surface area contributed by atoms with Gasteiger partial charge in [0.1, 0.15) is 0 Å². The van der Waals surface area contributed by atoms with Gasteiger partial charge in [0, 0.05) is 10.6 Å². The SMILES string of the molecule is Cc1ccc(CC(C)(N)c2ccccc2C)c(Cl)c1. The first kappa shape index (κ1) is 14.1. The van der Waals surface area contributed by atoms with Crippen LogP contribution in [0.5, 0.6) is 0 Å². The molecule has 2 aromatic carbocycles. The summed E-state index contributed by atoms with van der Waals surface area (Å²) >= 11 is 6.31. The predicted octanol–water partition coefficient (Wildman–Crippen LogP) is 4.37. The second-order valence-corrected chi connectivity index (χ2v) is 5.91. The Morgan fingerprint density at radius 1 is 1.11 bits per heavy atom. The van der Waals surface area contributed by atoms with Crippen LogP contribution < -0.4 is 5.73 Å². The lowest BCUT2D eigenvalue weighted by atomic mass is 9.84. The van der Waals surface area contributed by atoms with Gasteiger partial charge in [0.2, 0.25) is 0 Å². The van der Waals surface area contributed by atoms with E-state index in [1.807, 2.05) is 25.1 Å². The fourth-order valence-corrected chi connectivity index (χ4v) is 2.80. The first-order chi connectivity index (χ1) is 8.90. The number of benzene rings is 2. The highest BCUT2D eigenvalue weighted by molar-refractivity contribution is 6.31. The van der Waals surface area contributed by atoms with Crippen LogP contribution in [0.3, 0.4) is 0 Å². The van der Waals surface area contributed by atoms with E-state index < -0.39 is 5.54 Å². The summed E-state index contributed by atoms with van der Waals surface area (Å²) in [5.41, 5.74) is 10.8. The zero-order valence-electron chi connectivity index (χ0n) is 11.7. The quantitative estimate of drug-likeness (QED) is 0.883. The molecule has 100 valence electrons. The van der Waals surface area contributed by atoms with Gasteiger partial charge in [-0.2, -0.15) is 0 Å². The van der Waals surface area contributed by atoms with Gasteiger partial charge in [0.05, 0.1) is 0 Å². The van der Waals surface area contributed by atoms with Crippen LogP contribution in [-0.4, -0.2) is 0 Å². The number of hydrogen-bond acceptors (Lipinski definition) is 1. The van der Waals surface area contributed by atoms with Gasteiger partial charge in [0.15, 0.2) is 0 Å². The Morgan fingerprint density at radius 2 is 1.79 bits per heavy atom. The van der Waals surface area contributed by atoms with Crippen molar-refractivity contribution in [2.75, 3.05) is 0 Å². The molecule has 2 N–H and O–H groups in total. The third-order valence-corrected chi connectivity index (χ3v) is 3.88. The summed E-state index contributed by atoms with van der Waals surface area (Å²) in [7, 11) is 0. The van der Waals surface area contributed by atoms with E-state index in [-0.39, 0.29) is 0 Å². The molecule has 2 heteroatoms. The van der Waals surface area contributed by atoms with Crippen LogP contribution in [0.15, 0.2) is 42.5 Å². The highest BCUT2D eigenvalue weighted by atomic mass is 35.5. The molecule has 1 atom stereocenters. The Kier molecular flexibility index (Phi) is 3.98. The smallest absolute Gasteiger partial charge is 0.0441 e. The average Bonchev–Trinajstić information content (AvgIpc) is 2.33. The van der Waals surface area contributed by atoms with Crippen molar-refractivity contribution >= 4 is 11.6 Å². The molecular weight excluding hydrogens is 254 g/mol. The van der Waals surface area contributed by atoms with E-state index in [9.17, 15) is 0 Å². The van der Waals surface area contributed by atoms with Crippen molar-refractivity contribution in [3.8, 4) is 0 Å². The maximum atomic E-state index is 6.52. The minimum Gasteiger partial charge on any atom is -0.321 e. The van der Waals surface area contributed by atoms with E-state index in [1.54, 1.807) is 0 Å². The summed E-state index contributed by atoms with van der Waals surface area (Å²) in [6.45, 7) is 6.20. The fourth-order valence-electron chi connectivity index (χ4n) is 2.50. The number of halogens is 1. The van der Waals surface area contributed by atoms with Gasteiger partial charge < -0.3 is 5.73 Å². The van der Waals surface area contributed by atoms with Crippen molar-refractivity contribution in [2.24, 2.45) is 5.73 Å². The summed E-state index contributed by atoms with van der Waals surface area (Å²) in [6.07, 6.45) is 0.733. The molecule has 19 heavy (non-hydrogen) atoms. The minimum atomic E-state index is -0.412. The van der Waals surface area contributed by atoms with Crippen LogP contribution >= 0.6 is 11.6 Å². The lowest BCUT2D eigenvalue weighted by Gasteiger charge is -2.27. The van der Waals surface area contributed by atoms with E-state index in [2.05, 4.69) is 38.1 Å². The van der Waals surface area contributed by atoms with Crippen LogP contribution in [0.1, 0.15) is 29.2 Å². The molecular formula is C17H20ClN. The number of hydrogen-bond donors (Lipinski definition) is 1. The van der Waals surface area contributed by atoms with E-state index in [0.717, 1.165) is 17.0 Å². The van der Waals surface area contributed by atoms with Crippen LogP contribution in [0, 0.1) is 13.8 Å². The molecule has 0 aromatic heterocycles. The van der Waals surface area contributed by atoms with Crippen molar-refractivity contribution in [3.63, 3.8) is 0 Å². The summed E-state index contributed by atoms with van der Waals surface area (Å²) in [4.78, 5) is 0. The molecule has 2 aromatic rings. The van der Waals surface area contributed by atoms with Crippen molar-refractivity contribution < 1.29 is 0 Å². The van der Waals surface area contributed by atoms with Gasteiger partial charge in [-0.1, -0.05) is 48.0 Å². The average molecular weight is 274 g/mol. The van der Waals surface area contributed by atoms with E-state index >= 15 is 0 Å². The number of nitrogens with two attached hydrogens (primary N) is 1. The largest absolute Gasteiger partial charge is 0.321 e. The highest BCUT2D eigenvalue weighted by Crippen LogP contribution is 2.28. The Balaban J connectivity index is 2.33. The fraction of sp³-hybridized carbons (Fsp3) is 0.294. The molecule has 0 amide bonds. The highest BCUT2D eigenvalue weighted by Gasteiger charge is 2.24. The molecule has 0 bridgehead atoms. The van der Waals surface area contributed by atoms with Crippen LogP contribution in [0.4, 0.5) is 0 Å². The molecule has 0 spiro atoms. The molecule has 0 aliphatic rings. The van der Waals surface area contributed by atoms with Crippen molar-refractivity contribution in [1.29, 1.82) is 0 Å². The molecule has 1 unspecified atom stereocenters. The summed E-state index contributed by atoms with van der Waals surface area (Å²) in [5, 5.41) is 0.797. The van der Waals surface area contributed by atoms with Gasteiger partial charge in [-0.15, -0.1) is 0 Å². The number of aryl methyl sites for hydroxylation is 2. The molecule has 0 fully saturated rings. The van der Waals surface area contributed by atoms with Crippen molar-refractivity contribution in [1.82, 2.24) is 0 Å². The molecule has 2 rings (SSSR count). The second kappa shape index (κ2) is 5.36. The van der Waals surface area contributed by atoms with Crippen molar-refractivity contribution in [3.05, 3.63) is 69.7 Å². The van der Waals surface area contributed by atoms with Gasteiger partial charge in [-0.05, 0) is 55.5 Å². The first-order valence-electron chi connectivity index (χ1n) is 6.50. The Hall–Kier alpha value is -1.31. The summed E-state index contributed by atoms with van der Waals surface area (Å²) < 4.78 is 0. The molecule has 0 aliphatic heterocycles. The Bertz CT molecular complexity index is 588. The van der Waals surface area contributed by atoms with E-state index in [0.29, 0.717) is 0 Å². The lowest BCUT2D eigenvalue weighted by Crippen LogP contribution is -2.36. The molecule has 0 saturated carbocycles. The van der Waals surface area contributed by atoms with Gasteiger partial charge >= 0.3 is 0 Å². The molecule has 0 saturated heterocycles. The second-order valence-electron chi connectivity index (χ2n) is 5.50. The normalized spacial score (nSPS) is 14.2. The third-order valence-electron chi connectivity index (χ3n) is 3.53. The van der Waals surface area contributed by atoms with E-state index in [1.165, 1.54) is 16.7 Å². The van der Waals surface area contributed by atoms with Crippen LogP contribution in [-0.2, 0) is 12.0 Å². The Labute approximate surface area is 120 Å². The van der Waals surface area contributed by atoms with Crippen molar-refractivity contribution in [2.45, 2.75) is 32.7 Å². The zero-order valence-corrected chi connectivity index (χ0v) is 12.5. The number of rotatable bonds is 3. The predicted molar refractivity (Wildman–Crippen MR) is 82.6 cm³/mol. The third kappa shape index (κ3) is 3.17. The molecule has 0 aliphatic carbocycles.